The molecule has 0 heterocycles. The molecule has 3 heteroatoms. The first-order valence-corrected chi connectivity index (χ1v) is 10.5. The van der Waals surface area contributed by atoms with Gasteiger partial charge >= 0.3 is 5.97 Å². The molecule has 28 heavy (non-hydrogen) atoms. The van der Waals surface area contributed by atoms with Gasteiger partial charge in [0, 0.05) is 17.5 Å². The number of rotatable bonds is 13. The minimum Gasteiger partial charge on any atom is -0.481 e. The van der Waals surface area contributed by atoms with Gasteiger partial charge in [-0.2, -0.15) is 0 Å². The van der Waals surface area contributed by atoms with E-state index < -0.39 is 5.97 Å². The van der Waals surface area contributed by atoms with Crippen molar-refractivity contribution in [1.29, 1.82) is 0 Å². The van der Waals surface area contributed by atoms with E-state index in [1.165, 1.54) is 36.8 Å². The number of carbonyl (C=O) groups excluding carboxylic acids is 1. The highest BCUT2D eigenvalue weighted by molar-refractivity contribution is 6.08. The number of hydrogen-bond donors (Lipinski definition) is 1. The van der Waals surface area contributed by atoms with Crippen LogP contribution in [0, 0.1) is 0 Å². The molecule has 0 saturated heterocycles. The van der Waals surface area contributed by atoms with Crippen LogP contribution in [0.2, 0.25) is 0 Å². The number of benzene rings is 2. The quantitative estimate of drug-likeness (QED) is 0.331. The summed E-state index contributed by atoms with van der Waals surface area (Å²) in [7, 11) is 0. The Morgan fingerprint density at radius 1 is 0.679 bits per heavy atom. The number of aliphatic carboxylic acids is 1. The van der Waals surface area contributed by atoms with E-state index >= 15 is 0 Å². The van der Waals surface area contributed by atoms with Gasteiger partial charge in [0.15, 0.2) is 5.78 Å². The minimum atomic E-state index is -0.729. The molecule has 0 bridgehead atoms. The summed E-state index contributed by atoms with van der Waals surface area (Å²) < 4.78 is 0. The second kappa shape index (κ2) is 12.1. The molecule has 2 aromatic carbocycles. The summed E-state index contributed by atoms with van der Waals surface area (Å²) in [5, 5.41) is 8.65. The van der Waals surface area contributed by atoms with Crippen molar-refractivity contribution in [2.75, 3.05) is 0 Å². The Labute approximate surface area is 168 Å². The number of hydrogen-bond acceptors (Lipinski definition) is 2. The fraction of sp³-hybridized carbons (Fsp3) is 0.440. The molecule has 0 aliphatic heterocycles. The number of unbranched alkanes of at least 4 members (excludes halogenated alkanes) is 5. The third-order valence-electron chi connectivity index (χ3n) is 5.11. The molecule has 0 saturated carbocycles. The maximum Gasteiger partial charge on any atom is 0.303 e. The summed E-state index contributed by atoms with van der Waals surface area (Å²) in [6.07, 6.45) is 9.85. The number of aryl methyl sites for hydroxylation is 2. The standard InChI is InChI=1S/C25H32O3/c1-2-3-4-6-9-20-12-16-22(17-13-20)25(28)23-18-14-21(15-19-23)10-7-5-8-11-24(26)27/h12-19H,2-11H2,1H3,(H,26,27). The Morgan fingerprint density at radius 3 is 1.57 bits per heavy atom. The Morgan fingerprint density at radius 2 is 1.14 bits per heavy atom. The fourth-order valence-electron chi connectivity index (χ4n) is 3.35. The Balaban J connectivity index is 1.82. The number of carboxylic acids is 1. The van der Waals surface area contributed by atoms with Gasteiger partial charge in [0.05, 0.1) is 0 Å². The molecule has 0 spiro atoms. The zero-order valence-electron chi connectivity index (χ0n) is 17.0. The second-order valence-corrected chi connectivity index (χ2v) is 7.49. The molecule has 0 atom stereocenters. The minimum absolute atomic E-state index is 0.0607. The van der Waals surface area contributed by atoms with Gasteiger partial charge < -0.3 is 5.11 Å². The first-order chi connectivity index (χ1) is 13.6. The highest BCUT2D eigenvalue weighted by Crippen LogP contribution is 2.15. The molecule has 0 aliphatic carbocycles. The molecule has 2 rings (SSSR count). The zero-order valence-corrected chi connectivity index (χ0v) is 17.0. The van der Waals surface area contributed by atoms with Crippen molar-refractivity contribution in [3.8, 4) is 0 Å². The van der Waals surface area contributed by atoms with Crippen LogP contribution in [0.3, 0.4) is 0 Å². The molecule has 3 nitrogen and oxygen atoms in total. The van der Waals surface area contributed by atoms with Crippen LogP contribution in [-0.2, 0) is 17.6 Å². The van der Waals surface area contributed by atoms with E-state index in [1.54, 1.807) is 0 Å². The summed E-state index contributed by atoms with van der Waals surface area (Å²) in [6.45, 7) is 2.22. The monoisotopic (exact) mass is 380 g/mol. The van der Waals surface area contributed by atoms with Crippen LogP contribution < -0.4 is 0 Å². The van der Waals surface area contributed by atoms with Gasteiger partial charge in [-0.3, -0.25) is 9.59 Å². The molecule has 0 aliphatic rings. The zero-order chi connectivity index (χ0) is 20.2. The molecule has 1 N–H and O–H groups in total. The lowest BCUT2D eigenvalue weighted by Gasteiger charge is -2.06. The predicted molar refractivity (Wildman–Crippen MR) is 114 cm³/mol. The highest BCUT2D eigenvalue weighted by atomic mass is 16.4. The average molecular weight is 381 g/mol. The summed E-state index contributed by atoms with van der Waals surface area (Å²) in [5.41, 5.74) is 3.93. The largest absolute Gasteiger partial charge is 0.481 e. The third kappa shape index (κ3) is 7.67. The van der Waals surface area contributed by atoms with Crippen LogP contribution in [0.15, 0.2) is 48.5 Å². The summed E-state index contributed by atoms with van der Waals surface area (Å²) in [4.78, 5) is 23.2. The van der Waals surface area contributed by atoms with Crippen molar-refractivity contribution in [1.82, 2.24) is 0 Å². The SMILES string of the molecule is CCCCCCc1ccc(C(=O)c2ccc(CCCCCC(=O)O)cc2)cc1. The van der Waals surface area contributed by atoms with Crippen molar-refractivity contribution in [3.63, 3.8) is 0 Å². The van der Waals surface area contributed by atoms with Crippen LogP contribution in [-0.4, -0.2) is 16.9 Å². The van der Waals surface area contributed by atoms with E-state index in [0.717, 1.165) is 37.7 Å². The van der Waals surface area contributed by atoms with E-state index in [4.69, 9.17) is 5.11 Å². The van der Waals surface area contributed by atoms with Gasteiger partial charge in [-0.1, -0.05) is 81.1 Å². The van der Waals surface area contributed by atoms with Gasteiger partial charge in [0.25, 0.3) is 0 Å². The average Bonchev–Trinajstić information content (AvgIpc) is 2.71. The van der Waals surface area contributed by atoms with Gasteiger partial charge in [-0.05, 0) is 43.2 Å². The van der Waals surface area contributed by atoms with Gasteiger partial charge in [-0.25, -0.2) is 0 Å². The molecule has 0 amide bonds. The summed E-state index contributed by atoms with van der Waals surface area (Å²) in [5.74, 6) is -0.669. The fourth-order valence-corrected chi connectivity index (χ4v) is 3.35. The molecular weight excluding hydrogens is 348 g/mol. The summed E-state index contributed by atoms with van der Waals surface area (Å²) in [6, 6.07) is 15.8. The van der Waals surface area contributed by atoms with Crippen LogP contribution in [0.5, 0.6) is 0 Å². The lowest BCUT2D eigenvalue weighted by atomic mass is 9.98. The van der Waals surface area contributed by atoms with Crippen molar-refractivity contribution >= 4 is 11.8 Å². The van der Waals surface area contributed by atoms with Crippen LogP contribution in [0.4, 0.5) is 0 Å². The molecule has 0 aromatic heterocycles. The van der Waals surface area contributed by atoms with Crippen molar-refractivity contribution in [2.24, 2.45) is 0 Å². The molecule has 150 valence electrons. The highest BCUT2D eigenvalue weighted by Gasteiger charge is 2.09. The Kier molecular flexibility index (Phi) is 9.47. The molecule has 0 unspecified atom stereocenters. The van der Waals surface area contributed by atoms with E-state index in [2.05, 4.69) is 19.1 Å². The summed E-state index contributed by atoms with van der Waals surface area (Å²) >= 11 is 0. The maximum atomic E-state index is 12.7. The smallest absolute Gasteiger partial charge is 0.303 e. The predicted octanol–water partition coefficient (Wildman–Crippen LogP) is 6.23. The van der Waals surface area contributed by atoms with Crippen LogP contribution >= 0.6 is 0 Å². The van der Waals surface area contributed by atoms with E-state index in [9.17, 15) is 9.59 Å². The van der Waals surface area contributed by atoms with Crippen LogP contribution in [0.25, 0.3) is 0 Å². The normalized spacial score (nSPS) is 10.8. The first-order valence-electron chi connectivity index (χ1n) is 10.5. The topological polar surface area (TPSA) is 54.4 Å². The maximum absolute atomic E-state index is 12.7. The lowest BCUT2D eigenvalue weighted by molar-refractivity contribution is -0.137. The number of carbonyl (C=O) groups is 2. The molecular formula is C25H32O3. The van der Waals surface area contributed by atoms with Crippen molar-refractivity contribution in [3.05, 3.63) is 70.8 Å². The van der Waals surface area contributed by atoms with E-state index in [0.29, 0.717) is 5.56 Å². The molecule has 0 radical (unpaired) electrons. The van der Waals surface area contributed by atoms with E-state index in [1.807, 2.05) is 36.4 Å². The van der Waals surface area contributed by atoms with E-state index in [-0.39, 0.29) is 12.2 Å². The molecule has 2 aromatic rings. The van der Waals surface area contributed by atoms with Crippen molar-refractivity contribution < 1.29 is 14.7 Å². The molecule has 0 fully saturated rings. The van der Waals surface area contributed by atoms with Gasteiger partial charge in [0.2, 0.25) is 0 Å². The number of carboxylic acid groups (broad SMARTS) is 1. The second-order valence-electron chi connectivity index (χ2n) is 7.49. The van der Waals surface area contributed by atoms with Crippen LogP contribution in [0.1, 0.15) is 85.3 Å². The van der Waals surface area contributed by atoms with Gasteiger partial charge in [0.1, 0.15) is 0 Å². The van der Waals surface area contributed by atoms with Crippen molar-refractivity contribution in [2.45, 2.75) is 71.1 Å². The Hall–Kier alpha value is -2.42. The lowest BCUT2D eigenvalue weighted by Crippen LogP contribution is -2.02. The number of ketones is 1. The Bertz CT molecular complexity index is 729. The van der Waals surface area contributed by atoms with Gasteiger partial charge in [-0.15, -0.1) is 0 Å². The third-order valence-corrected chi connectivity index (χ3v) is 5.11. The first kappa shape index (κ1) is 21.9.